The van der Waals surface area contributed by atoms with Gasteiger partial charge in [-0.15, -0.1) is 0 Å². The van der Waals surface area contributed by atoms with Crippen LogP contribution in [0.1, 0.15) is 77.3 Å². The molecule has 0 saturated heterocycles. The number of fused-ring (bicyclic) bond motifs is 2. The third kappa shape index (κ3) is 6.93. The van der Waals surface area contributed by atoms with E-state index in [0.29, 0.717) is 55.7 Å². The van der Waals surface area contributed by atoms with Crippen LogP contribution in [0.2, 0.25) is 0 Å². The topological polar surface area (TPSA) is 198 Å². The summed E-state index contributed by atoms with van der Waals surface area (Å²) in [6.07, 6.45) is 5.26. The van der Waals surface area contributed by atoms with Gasteiger partial charge in [0.1, 0.15) is 12.6 Å². The average molecular weight is 725 g/mol. The highest BCUT2D eigenvalue weighted by molar-refractivity contribution is 7.85. The highest BCUT2D eigenvalue weighted by Gasteiger charge is 2.47. The predicted molar refractivity (Wildman–Crippen MR) is 195 cm³/mol. The molecular weight excluding hydrogens is 685 g/mol. The first-order chi connectivity index (χ1) is 24.4. The number of Topliss-reactive ketones (excluding diaryl/α,β-unsaturated/α-hetero) is 1. The van der Waals surface area contributed by atoms with E-state index in [9.17, 15) is 43.1 Å². The molecule has 0 aromatic heterocycles. The van der Waals surface area contributed by atoms with Crippen LogP contribution >= 0.6 is 0 Å². The summed E-state index contributed by atoms with van der Waals surface area (Å²) in [5.41, 5.74) is 3.12. The Labute approximate surface area is 302 Å². The summed E-state index contributed by atoms with van der Waals surface area (Å²) in [5, 5.41) is 38.5. The standard InChI is InChI=1S/C39H40N4O8S/c1-38(2)28-11-7-8-12-30(28)43(18-10-14-35(46)47)32(38)20-26-36(24(22-40)23-41)27(37(26)48)21-33-39(3,4)29-19-25(52(49,50)51)15-16-31(29)42(33)17-9-5-6-13-34(44)45/h7-8,11-12,15-16,19-21H,5-6,9-10,13-14,17-18H2,1-4H3,(H,44,45)(H,46,47)(H,49,50,51). The number of carboxylic acid groups (broad SMARTS) is 2. The van der Waals surface area contributed by atoms with E-state index in [1.54, 1.807) is 18.2 Å². The number of unbranched alkanes of at least 4 members (excludes halogenated alkanes) is 2. The minimum Gasteiger partial charge on any atom is -0.762 e. The van der Waals surface area contributed by atoms with Gasteiger partial charge in [0.25, 0.3) is 10.1 Å². The fourth-order valence-electron chi connectivity index (χ4n) is 7.38. The number of ketones is 1. The quantitative estimate of drug-likeness (QED) is 0.0519. The maximum absolute atomic E-state index is 14.2. The maximum atomic E-state index is 14.2. The Morgan fingerprint density at radius 1 is 0.942 bits per heavy atom. The van der Waals surface area contributed by atoms with Gasteiger partial charge in [-0.1, -0.05) is 38.5 Å². The Kier molecular flexibility index (Phi) is 10.4. The van der Waals surface area contributed by atoms with Crippen molar-refractivity contribution in [3.63, 3.8) is 0 Å². The molecule has 0 atom stereocenters. The molecule has 0 fully saturated rings. The second kappa shape index (κ2) is 14.3. The number of aliphatic carboxylic acids is 2. The Morgan fingerprint density at radius 3 is 2.25 bits per heavy atom. The van der Waals surface area contributed by atoms with Crippen LogP contribution in [-0.2, 0) is 35.3 Å². The van der Waals surface area contributed by atoms with Crippen LogP contribution in [0.15, 0.2) is 87.5 Å². The van der Waals surface area contributed by atoms with Gasteiger partial charge in [0.05, 0.1) is 22.3 Å². The molecule has 2 aromatic carbocycles. The first kappa shape index (κ1) is 37.8. The van der Waals surface area contributed by atoms with Gasteiger partial charge in [0, 0.05) is 70.6 Å². The minimum absolute atomic E-state index is 0.0150. The number of hydrogen-bond donors (Lipinski definition) is 3. The molecule has 52 heavy (non-hydrogen) atoms. The van der Waals surface area contributed by atoms with Gasteiger partial charge in [-0.05, 0) is 56.5 Å². The Hall–Kier alpha value is -5.41. The van der Waals surface area contributed by atoms with E-state index < -0.39 is 38.7 Å². The van der Waals surface area contributed by atoms with E-state index in [0.717, 1.165) is 17.0 Å². The van der Waals surface area contributed by atoms with E-state index in [1.165, 1.54) is 12.1 Å². The summed E-state index contributed by atoms with van der Waals surface area (Å²) < 4.78 is 36.0. The molecule has 0 unspecified atom stereocenters. The second-order valence-electron chi connectivity index (χ2n) is 14.1. The summed E-state index contributed by atoms with van der Waals surface area (Å²) in [6, 6.07) is 13.9. The molecule has 270 valence electrons. The second-order valence-corrected chi connectivity index (χ2v) is 15.5. The number of hydrogen-bond acceptors (Lipinski definition) is 7. The Balaban J connectivity index is 1.67. The fraction of sp³-hybridized carbons (Fsp3) is 0.359. The van der Waals surface area contributed by atoms with E-state index in [-0.39, 0.29) is 40.0 Å². The summed E-state index contributed by atoms with van der Waals surface area (Å²) in [7, 11) is -4.53. The molecule has 0 radical (unpaired) electrons. The molecule has 0 bridgehead atoms. The maximum Gasteiger partial charge on any atom is 0.303 e. The van der Waals surface area contributed by atoms with Crippen LogP contribution < -0.4 is 4.90 Å². The lowest BCUT2D eigenvalue weighted by atomic mass is 9.73. The van der Waals surface area contributed by atoms with Gasteiger partial charge in [0.15, 0.2) is 11.5 Å². The number of anilines is 1. The highest BCUT2D eigenvalue weighted by atomic mass is 32.2. The average Bonchev–Trinajstić information content (AvgIpc) is 3.42. The molecular formula is C39H40N4O8S. The number of para-hydroxylation sites is 1. The molecule has 13 heteroatoms. The van der Waals surface area contributed by atoms with Gasteiger partial charge in [-0.2, -0.15) is 18.3 Å². The summed E-state index contributed by atoms with van der Waals surface area (Å²) in [4.78, 5) is 38.3. The van der Waals surface area contributed by atoms with E-state index in [2.05, 4.69) is 0 Å². The lowest BCUT2D eigenvalue weighted by molar-refractivity contribution is -0.438. The van der Waals surface area contributed by atoms with Gasteiger partial charge in [0.2, 0.25) is 5.69 Å². The third-order valence-corrected chi connectivity index (χ3v) is 10.9. The molecule has 5 rings (SSSR count). The van der Waals surface area contributed by atoms with Crippen LogP contribution in [0.3, 0.4) is 0 Å². The molecule has 1 aliphatic carbocycles. The van der Waals surface area contributed by atoms with Crippen molar-refractivity contribution in [1.82, 2.24) is 0 Å². The lowest BCUT2D eigenvalue weighted by Gasteiger charge is -2.30. The summed E-state index contributed by atoms with van der Waals surface area (Å²) >= 11 is 0. The van der Waals surface area contributed by atoms with Crippen molar-refractivity contribution < 1.29 is 42.1 Å². The number of carbonyl (C=O) groups is 3. The van der Waals surface area contributed by atoms with Crippen molar-refractivity contribution in [2.45, 2.75) is 81.9 Å². The number of nitrogens with zero attached hydrogens (tertiary/aromatic N) is 4. The van der Waals surface area contributed by atoms with Crippen LogP contribution in [0, 0.1) is 11.3 Å². The van der Waals surface area contributed by atoms with Crippen molar-refractivity contribution in [3.05, 3.63) is 99.1 Å². The van der Waals surface area contributed by atoms with Gasteiger partial charge in [-0.25, -0.2) is 5.87 Å². The zero-order valence-electron chi connectivity index (χ0n) is 29.4. The molecule has 2 heterocycles. The Bertz CT molecular complexity index is 2230. The lowest BCUT2D eigenvalue weighted by Crippen LogP contribution is -2.32. The fourth-order valence-corrected chi connectivity index (χ4v) is 7.89. The Morgan fingerprint density at radius 2 is 1.62 bits per heavy atom. The number of carbonyl (C=O) groups excluding carboxylic acids is 1. The van der Waals surface area contributed by atoms with Crippen molar-refractivity contribution in [2.24, 2.45) is 0 Å². The zero-order valence-corrected chi connectivity index (χ0v) is 30.2. The van der Waals surface area contributed by atoms with Gasteiger partial charge in [-0.3, -0.25) is 18.9 Å². The molecule has 12 nitrogen and oxygen atoms in total. The van der Waals surface area contributed by atoms with Gasteiger partial charge >= 0.3 is 11.9 Å². The highest BCUT2D eigenvalue weighted by Crippen LogP contribution is 2.50. The SMILES string of the molecule is CC1(C)C(/C=C2\C(=O)C(/C=C3/N(CCCCCC(=O)O)c4ccc(S(=O)(=O)O)cc4C3(C)C)=C2C(=C=[N-])C#N)=[N+](CCCC(=O)O)c2ccccc21. The molecule has 0 spiro atoms. The largest absolute Gasteiger partial charge is 0.762 e. The smallest absolute Gasteiger partial charge is 0.303 e. The number of nitriles is 1. The number of rotatable bonds is 14. The van der Waals surface area contributed by atoms with Crippen molar-refractivity contribution >= 4 is 50.8 Å². The number of benzene rings is 2. The number of allylic oxidation sites excluding steroid dienone is 7. The van der Waals surface area contributed by atoms with Crippen molar-refractivity contribution in [2.75, 3.05) is 18.0 Å². The van der Waals surface area contributed by atoms with Gasteiger partial charge < -0.3 is 20.5 Å². The first-order valence-electron chi connectivity index (χ1n) is 16.9. The molecule has 0 amide bonds. The molecule has 0 saturated carbocycles. The predicted octanol–water partition coefficient (Wildman–Crippen LogP) is 6.00. The van der Waals surface area contributed by atoms with Crippen LogP contribution in [-0.4, -0.2) is 70.2 Å². The minimum atomic E-state index is -4.53. The molecule has 2 aliphatic heterocycles. The van der Waals surface area contributed by atoms with Crippen LogP contribution in [0.4, 0.5) is 11.4 Å². The monoisotopic (exact) mass is 724 g/mol. The zero-order chi connectivity index (χ0) is 38.2. The van der Waals surface area contributed by atoms with E-state index in [1.807, 2.05) is 73.4 Å². The molecule has 3 N–H and O–H groups in total. The molecule has 3 aliphatic rings. The molecule has 2 aromatic rings. The third-order valence-electron chi connectivity index (χ3n) is 10.1. The van der Waals surface area contributed by atoms with Crippen LogP contribution in [0.25, 0.3) is 5.41 Å². The normalized spacial score (nSPS) is 18.6. The summed E-state index contributed by atoms with van der Waals surface area (Å²) in [6.45, 7) is 8.45. The van der Waals surface area contributed by atoms with E-state index >= 15 is 0 Å². The van der Waals surface area contributed by atoms with Crippen molar-refractivity contribution in [1.29, 1.82) is 5.26 Å². The number of carboxylic acids is 2. The summed E-state index contributed by atoms with van der Waals surface area (Å²) in [5.74, 6) is -0.281. The van der Waals surface area contributed by atoms with E-state index in [4.69, 9.17) is 5.11 Å². The van der Waals surface area contributed by atoms with Crippen LogP contribution in [0.5, 0.6) is 0 Å². The first-order valence-corrected chi connectivity index (χ1v) is 18.4. The van der Waals surface area contributed by atoms with Crippen molar-refractivity contribution in [3.8, 4) is 6.07 Å².